The van der Waals surface area contributed by atoms with Crippen molar-refractivity contribution in [2.45, 2.75) is 20.3 Å². The van der Waals surface area contributed by atoms with Crippen LogP contribution in [-0.2, 0) is 6.42 Å². The van der Waals surface area contributed by atoms with Gasteiger partial charge >= 0.3 is 0 Å². The van der Waals surface area contributed by atoms with Crippen molar-refractivity contribution in [2.75, 3.05) is 23.8 Å². The minimum absolute atomic E-state index is 0.562. The van der Waals surface area contributed by atoms with E-state index in [1.165, 1.54) is 11.1 Å². The Bertz CT molecular complexity index is 1140. The first-order chi connectivity index (χ1) is 15.7. The molecule has 0 spiro atoms. The van der Waals surface area contributed by atoms with Gasteiger partial charge in [-0.1, -0.05) is 54.6 Å². The van der Waals surface area contributed by atoms with E-state index in [2.05, 4.69) is 58.9 Å². The molecule has 5 heteroatoms. The van der Waals surface area contributed by atoms with Gasteiger partial charge < -0.3 is 15.4 Å². The molecule has 3 aromatic carbocycles. The highest BCUT2D eigenvalue weighted by Gasteiger charge is 2.10. The van der Waals surface area contributed by atoms with Crippen LogP contribution in [0.1, 0.15) is 18.1 Å². The Hall–Kier alpha value is -3.86. The number of ether oxygens (including phenoxy) is 1. The molecule has 0 aliphatic carbocycles. The molecular formula is C27H28N4O. The summed E-state index contributed by atoms with van der Waals surface area (Å²) in [5.74, 6) is 2.22. The van der Waals surface area contributed by atoms with Gasteiger partial charge in [0.2, 0.25) is 5.95 Å². The summed E-state index contributed by atoms with van der Waals surface area (Å²) in [5.41, 5.74) is 5.43. The Labute approximate surface area is 189 Å². The fourth-order valence-corrected chi connectivity index (χ4v) is 3.51. The van der Waals surface area contributed by atoms with Crippen LogP contribution in [0.2, 0.25) is 0 Å². The highest BCUT2D eigenvalue weighted by Crippen LogP contribution is 2.29. The lowest BCUT2D eigenvalue weighted by Crippen LogP contribution is -2.09. The van der Waals surface area contributed by atoms with Crippen molar-refractivity contribution in [3.8, 4) is 16.9 Å². The quantitative estimate of drug-likeness (QED) is 0.333. The molecule has 0 saturated heterocycles. The third kappa shape index (κ3) is 5.64. The SMILES string of the molecule is CCOc1ccc(-c2cnc(Nc3cccc(C)c3)nc2NCCc2ccccc2)cc1. The van der Waals surface area contributed by atoms with E-state index in [4.69, 9.17) is 9.72 Å². The van der Waals surface area contributed by atoms with Crippen molar-refractivity contribution in [1.29, 1.82) is 0 Å². The maximum absolute atomic E-state index is 5.58. The van der Waals surface area contributed by atoms with Gasteiger partial charge in [0.15, 0.2) is 0 Å². The van der Waals surface area contributed by atoms with Gasteiger partial charge in [0.25, 0.3) is 0 Å². The second-order valence-electron chi connectivity index (χ2n) is 7.57. The first-order valence-corrected chi connectivity index (χ1v) is 10.9. The van der Waals surface area contributed by atoms with E-state index in [1.54, 1.807) is 0 Å². The minimum Gasteiger partial charge on any atom is -0.494 e. The molecule has 5 nitrogen and oxygen atoms in total. The Kier molecular flexibility index (Phi) is 6.98. The van der Waals surface area contributed by atoms with Crippen LogP contribution < -0.4 is 15.4 Å². The van der Waals surface area contributed by atoms with Crippen molar-refractivity contribution >= 4 is 17.5 Å². The van der Waals surface area contributed by atoms with Crippen molar-refractivity contribution in [1.82, 2.24) is 9.97 Å². The zero-order chi connectivity index (χ0) is 22.2. The Morgan fingerprint density at radius 2 is 1.72 bits per heavy atom. The van der Waals surface area contributed by atoms with Crippen LogP contribution >= 0.6 is 0 Å². The Morgan fingerprint density at radius 3 is 2.47 bits per heavy atom. The molecule has 2 N–H and O–H groups in total. The molecule has 32 heavy (non-hydrogen) atoms. The van der Waals surface area contributed by atoms with E-state index < -0.39 is 0 Å². The number of nitrogens with one attached hydrogen (secondary N) is 2. The largest absolute Gasteiger partial charge is 0.494 e. The fourth-order valence-electron chi connectivity index (χ4n) is 3.51. The fraction of sp³-hybridized carbons (Fsp3) is 0.185. The van der Waals surface area contributed by atoms with Gasteiger partial charge in [-0.25, -0.2) is 4.98 Å². The highest BCUT2D eigenvalue weighted by atomic mass is 16.5. The van der Waals surface area contributed by atoms with Crippen LogP contribution in [0.25, 0.3) is 11.1 Å². The summed E-state index contributed by atoms with van der Waals surface area (Å²) in [6.45, 7) is 5.47. The maximum atomic E-state index is 5.58. The van der Waals surface area contributed by atoms with Crippen molar-refractivity contribution in [3.05, 3.63) is 96.2 Å². The molecule has 1 aromatic heterocycles. The van der Waals surface area contributed by atoms with E-state index >= 15 is 0 Å². The number of rotatable bonds is 9. The van der Waals surface area contributed by atoms with Crippen LogP contribution in [0.5, 0.6) is 5.75 Å². The smallest absolute Gasteiger partial charge is 0.229 e. The summed E-state index contributed by atoms with van der Waals surface area (Å²) in [4.78, 5) is 9.37. The molecule has 0 atom stereocenters. The van der Waals surface area contributed by atoms with Crippen LogP contribution in [-0.4, -0.2) is 23.1 Å². The van der Waals surface area contributed by atoms with E-state index in [-0.39, 0.29) is 0 Å². The van der Waals surface area contributed by atoms with Crippen molar-refractivity contribution in [2.24, 2.45) is 0 Å². The number of aryl methyl sites for hydroxylation is 1. The predicted octanol–water partition coefficient (Wildman–Crippen LogP) is 6.25. The summed E-state index contributed by atoms with van der Waals surface area (Å²) in [7, 11) is 0. The topological polar surface area (TPSA) is 59.1 Å². The minimum atomic E-state index is 0.562. The molecule has 0 fully saturated rings. The van der Waals surface area contributed by atoms with E-state index in [1.807, 2.05) is 55.6 Å². The van der Waals surface area contributed by atoms with Gasteiger partial charge in [0.05, 0.1) is 6.61 Å². The van der Waals surface area contributed by atoms with E-state index in [0.29, 0.717) is 12.6 Å². The number of benzene rings is 3. The first kappa shape index (κ1) is 21.4. The summed E-state index contributed by atoms with van der Waals surface area (Å²) in [6, 6.07) is 26.7. The maximum Gasteiger partial charge on any atom is 0.229 e. The number of hydrogen-bond donors (Lipinski definition) is 2. The van der Waals surface area contributed by atoms with Gasteiger partial charge in [0, 0.05) is 24.0 Å². The lowest BCUT2D eigenvalue weighted by molar-refractivity contribution is 0.340. The molecule has 0 saturated carbocycles. The van der Waals surface area contributed by atoms with Crippen LogP contribution in [0.4, 0.5) is 17.5 Å². The van der Waals surface area contributed by atoms with Gasteiger partial charge in [-0.3, -0.25) is 0 Å². The molecule has 0 unspecified atom stereocenters. The van der Waals surface area contributed by atoms with Crippen LogP contribution in [0.15, 0.2) is 85.1 Å². The first-order valence-electron chi connectivity index (χ1n) is 10.9. The molecule has 0 aliphatic heterocycles. The predicted molar refractivity (Wildman–Crippen MR) is 132 cm³/mol. The second-order valence-corrected chi connectivity index (χ2v) is 7.57. The molecule has 162 valence electrons. The van der Waals surface area contributed by atoms with E-state index in [9.17, 15) is 0 Å². The molecule has 1 heterocycles. The number of aromatic nitrogens is 2. The zero-order valence-electron chi connectivity index (χ0n) is 18.5. The number of nitrogens with zero attached hydrogens (tertiary/aromatic N) is 2. The standard InChI is InChI=1S/C27H28N4O/c1-3-32-24-14-12-22(13-15-24)25-19-29-27(30-23-11-7-8-20(2)18-23)31-26(25)28-17-16-21-9-5-4-6-10-21/h4-15,18-19H,3,16-17H2,1-2H3,(H2,28,29,30,31). The third-order valence-electron chi connectivity index (χ3n) is 5.09. The second kappa shape index (κ2) is 10.4. The van der Waals surface area contributed by atoms with Crippen LogP contribution in [0.3, 0.4) is 0 Å². The summed E-state index contributed by atoms with van der Waals surface area (Å²) >= 11 is 0. The van der Waals surface area contributed by atoms with Gasteiger partial charge in [-0.15, -0.1) is 0 Å². The van der Waals surface area contributed by atoms with Crippen molar-refractivity contribution in [3.63, 3.8) is 0 Å². The van der Waals surface area contributed by atoms with E-state index in [0.717, 1.165) is 41.3 Å². The molecule has 0 aliphatic rings. The molecule has 4 aromatic rings. The van der Waals surface area contributed by atoms with Gasteiger partial charge in [-0.2, -0.15) is 4.98 Å². The Morgan fingerprint density at radius 1 is 0.906 bits per heavy atom. The van der Waals surface area contributed by atoms with Crippen molar-refractivity contribution < 1.29 is 4.74 Å². The number of hydrogen-bond acceptors (Lipinski definition) is 5. The summed E-state index contributed by atoms with van der Waals surface area (Å²) in [5, 5.41) is 6.83. The lowest BCUT2D eigenvalue weighted by atomic mass is 10.1. The average Bonchev–Trinajstić information content (AvgIpc) is 2.81. The molecule has 0 radical (unpaired) electrons. The summed E-state index contributed by atoms with van der Waals surface area (Å²) in [6.07, 6.45) is 2.78. The highest BCUT2D eigenvalue weighted by molar-refractivity contribution is 5.76. The van der Waals surface area contributed by atoms with Gasteiger partial charge in [0.1, 0.15) is 11.6 Å². The monoisotopic (exact) mass is 424 g/mol. The van der Waals surface area contributed by atoms with Crippen LogP contribution in [0, 0.1) is 6.92 Å². The molecule has 4 rings (SSSR count). The zero-order valence-corrected chi connectivity index (χ0v) is 18.5. The lowest BCUT2D eigenvalue weighted by Gasteiger charge is -2.14. The Balaban J connectivity index is 1.58. The average molecular weight is 425 g/mol. The molecule has 0 bridgehead atoms. The normalized spacial score (nSPS) is 10.6. The molecular weight excluding hydrogens is 396 g/mol. The summed E-state index contributed by atoms with van der Waals surface area (Å²) < 4.78 is 5.58. The third-order valence-corrected chi connectivity index (χ3v) is 5.09. The molecule has 0 amide bonds. The van der Waals surface area contributed by atoms with Gasteiger partial charge in [-0.05, 0) is 61.2 Å². The number of anilines is 3.